The Morgan fingerprint density at radius 2 is 2.08 bits per heavy atom. The summed E-state index contributed by atoms with van der Waals surface area (Å²) >= 11 is 5.23. The fourth-order valence-corrected chi connectivity index (χ4v) is 4.54. The smallest absolute Gasteiger partial charge is 0.321 e. The Balaban J connectivity index is 1.72. The van der Waals surface area contributed by atoms with Gasteiger partial charge in [-0.25, -0.2) is 0 Å². The zero-order valence-corrected chi connectivity index (χ0v) is 14.9. The van der Waals surface area contributed by atoms with Gasteiger partial charge in [-0.05, 0) is 55.7 Å². The van der Waals surface area contributed by atoms with Crippen LogP contribution < -0.4 is 5.32 Å². The van der Waals surface area contributed by atoms with E-state index in [4.69, 9.17) is 12.2 Å². The summed E-state index contributed by atoms with van der Waals surface area (Å²) in [7, 11) is 0. The Labute approximate surface area is 147 Å². The SMILES string of the molecule is Cc1cc(C)c2c(c1)CC(CC(=O)C1C(=S)CN[C@@H]1C(=O)O)CC2. The number of ketones is 1. The monoisotopic (exact) mass is 345 g/mol. The highest BCUT2D eigenvalue weighted by molar-refractivity contribution is 7.80. The highest BCUT2D eigenvalue weighted by Gasteiger charge is 2.41. The minimum Gasteiger partial charge on any atom is -0.480 e. The van der Waals surface area contributed by atoms with Crippen molar-refractivity contribution >= 4 is 28.8 Å². The first kappa shape index (κ1) is 17.2. The van der Waals surface area contributed by atoms with Gasteiger partial charge in [0.1, 0.15) is 11.8 Å². The molecule has 2 unspecified atom stereocenters. The normalized spacial score (nSPS) is 26.2. The third kappa shape index (κ3) is 3.28. The highest BCUT2D eigenvalue weighted by Crippen LogP contribution is 2.32. The van der Waals surface area contributed by atoms with E-state index in [1.165, 1.54) is 22.3 Å². The van der Waals surface area contributed by atoms with E-state index in [1.54, 1.807) is 0 Å². The lowest BCUT2D eigenvalue weighted by Crippen LogP contribution is -2.40. The van der Waals surface area contributed by atoms with Crippen LogP contribution in [-0.4, -0.2) is 34.3 Å². The molecule has 24 heavy (non-hydrogen) atoms. The maximum absolute atomic E-state index is 12.7. The molecule has 4 nitrogen and oxygen atoms in total. The number of hydrogen-bond donors (Lipinski definition) is 2. The van der Waals surface area contributed by atoms with E-state index in [0.29, 0.717) is 17.8 Å². The summed E-state index contributed by atoms with van der Waals surface area (Å²) in [4.78, 5) is 24.5. The van der Waals surface area contributed by atoms with E-state index < -0.39 is 17.9 Å². The van der Waals surface area contributed by atoms with Crippen molar-refractivity contribution in [1.29, 1.82) is 0 Å². The predicted molar refractivity (Wildman–Crippen MR) is 96.6 cm³/mol. The van der Waals surface area contributed by atoms with Gasteiger partial charge in [-0.1, -0.05) is 29.9 Å². The van der Waals surface area contributed by atoms with Gasteiger partial charge in [0.15, 0.2) is 0 Å². The summed E-state index contributed by atoms with van der Waals surface area (Å²) in [5, 5.41) is 12.1. The van der Waals surface area contributed by atoms with Gasteiger partial charge >= 0.3 is 5.97 Å². The maximum Gasteiger partial charge on any atom is 0.321 e. The number of carbonyl (C=O) groups is 2. The van der Waals surface area contributed by atoms with Crippen LogP contribution >= 0.6 is 12.2 Å². The van der Waals surface area contributed by atoms with Crippen molar-refractivity contribution in [3.05, 3.63) is 34.4 Å². The second-order valence-corrected chi connectivity index (χ2v) is 7.66. The molecule has 1 saturated heterocycles. The molecule has 1 aliphatic heterocycles. The molecule has 1 fully saturated rings. The Bertz CT molecular complexity index is 713. The van der Waals surface area contributed by atoms with Crippen LogP contribution in [0.1, 0.15) is 35.1 Å². The average molecular weight is 345 g/mol. The maximum atomic E-state index is 12.7. The Kier molecular flexibility index (Phi) is 4.83. The van der Waals surface area contributed by atoms with E-state index in [0.717, 1.165) is 19.3 Å². The van der Waals surface area contributed by atoms with E-state index in [1.807, 2.05) is 0 Å². The molecule has 1 aromatic carbocycles. The van der Waals surface area contributed by atoms with E-state index in [2.05, 4.69) is 31.3 Å². The quantitative estimate of drug-likeness (QED) is 0.821. The second kappa shape index (κ2) is 6.73. The fraction of sp³-hybridized carbons (Fsp3) is 0.526. The van der Waals surface area contributed by atoms with Crippen molar-refractivity contribution in [1.82, 2.24) is 5.32 Å². The number of nitrogens with one attached hydrogen (secondary N) is 1. The minimum atomic E-state index is -0.992. The lowest BCUT2D eigenvalue weighted by Gasteiger charge is -2.27. The summed E-state index contributed by atoms with van der Waals surface area (Å²) < 4.78 is 0. The average Bonchev–Trinajstić information content (AvgIpc) is 2.88. The standard InChI is InChI=1S/C19H23NO3S/c1-10-5-11(2)14-4-3-12(7-13(14)6-10)8-15(21)17-16(24)9-20-18(17)19(22)23/h5-6,12,17-18,20H,3-4,7-9H2,1-2H3,(H,22,23)/t12?,17?,18-/m0/s1. The molecule has 1 aliphatic carbocycles. The van der Waals surface area contributed by atoms with Gasteiger partial charge in [-0.3, -0.25) is 14.9 Å². The molecule has 0 bridgehead atoms. The number of Topliss-reactive ketones (excluding diaryl/α,β-unsaturated/α-hetero) is 1. The van der Waals surface area contributed by atoms with Crippen molar-refractivity contribution in [2.45, 2.75) is 45.6 Å². The molecule has 0 amide bonds. The van der Waals surface area contributed by atoms with Crippen molar-refractivity contribution in [2.24, 2.45) is 11.8 Å². The number of aryl methyl sites for hydroxylation is 2. The number of thiocarbonyl (C=S) groups is 1. The molecule has 2 aliphatic rings. The number of fused-ring (bicyclic) bond motifs is 1. The van der Waals surface area contributed by atoms with Gasteiger partial charge in [0, 0.05) is 17.8 Å². The molecule has 3 atom stereocenters. The number of carbonyl (C=O) groups excluding carboxylic acids is 1. The minimum absolute atomic E-state index is 0.0183. The summed E-state index contributed by atoms with van der Waals surface area (Å²) in [5.41, 5.74) is 5.36. The van der Waals surface area contributed by atoms with Crippen molar-refractivity contribution in [3.8, 4) is 0 Å². The molecule has 0 spiro atoms. The third-order valence-corrected chi connectivity index (χ3v) is 5.70. The number of hydrogen-bond acceptors (Lipinski definition) is 4. The molecular weight excluding hydrogens is 322 g/mol. The number of rotatable bonds is 4. The largest absolute Gasteiger partial charge is 0.480 e. The van der Waals surface area contributed by atoms with Gasteiger partial charge in [-0.15, -0.1) is 0 Å². The van der Waals surface area contributed by atoms with Gasteiger partial charge in [0.2, 0.25) is 0 Å². The van der Waals surface area contributed by atoms with Crippen LogP contribution in [0.15, 0.2) is 12.1 Å². The Morgan fingerprint density at radius 3 is 2.79 bits per heavy atom. The van der Waals surface area contributed by atoms with Crippen LogP contribution in [0.25, 0.3) is 0 Å². The molecule has 1 aromatic rings. The van der Waals surface area contributed by atoms with Gasteiger partial charge in [-0.2, -0.15) is 0 Å². The lowest BCUT2D eigenvalue weighted by atomic mass is 9.77. The van der Waals surface area contributed by atoms with E-state index >= 15 is 0 Å². The predicted octanol–water partition coefficient (Wildman–Crippen LogP) is 2.41. The van der Waals surface area contributed by atoms with Crippen LogP contribution in [0.2, 0.25) is 0 Å². The van der Waals surface area contributed by atoms with E-state index in [-0.39, 0.29) is 11.7 Å². The molecule has 2 N–H and O–H groups in total. The molecule has 5 heteroatoms. The van der Waals surface area contributed by atoms with Crippen LogP contribution in [0, 0.1) is 25.7 Å². The summed E-state index contributed by atoms with van der Waals surface area (Å²) in [6.07, 6.45) is 3.29. The first-order chi connectivity index (χ1) is 11.4. The third-order valence-electron chi connectivity index (χ3n) is 5.30. The highest BCUT2D eigenvalue weighted by atomic mass is 32.1. The van der Waals surface area contributed by atoms with Crippen molar-refractivity contribution in [3.63, 3.8) is 0 Å². The van der Waals surface area contributed by atoms with Crippen LogP contribution in [0.5, 0.6) is 0 Å². The summed E-state index contributed by atoms with van der Waals surface area (Å²) in [6.45, 7) is 4.59. The molecular formula is C19H23NO3S. The lowest BCUT2D eigenvalue weighted by molar-refractivity contribution is -0.142. The van der Waals surface area contributed by atoms with E-state index in [9.17, 15) is 14.7 Å². The van der Waals surface area contributed by atoms with Crippen LogP contribution in [0.4, 0.5) is 0 Å². The molecule has 0 aromatic heterocycles. The molecule has 1 heterocycles. The van der Waals surface area contributed by atoms with Crippen molar-refractivity contribution in [2.75, 3.05) is 6.54 Å². The molecule has 3 rings (SSSR count). The van der Waals surface area contributed by atoms with Crippen LogP contribution in [0.3, 0.4) is 0 Å². The molecule has 128 valence electrons. The van der Waals surface area contributed by atoms with Gasteiger partial charge in [0.05, 0.1) is 5.92 Å². The summed E-state index contributed by atoms with van der Waals surface area (Å²) in [5.74, 6) is -1.38. The van der Waals surface area contributed by atoms with Crippen molar-refractivity contribution < 1.29 is 14.7 Å². The summed E-state index contributed by atoms with van der Waals surface area (Å²) in [6, 6.07) is 3.58. The first-order valence-corrected chi connectivity index (χ1v) is 8.88. The first-order valence-electron chi connectivity index (χ1n) is 8.47. The van der Waals surface area contributed by atoms with Crippen LogP contribution in [-0.2, 0) is 22.4 Å². The fourth-order valence-electron chi connectivity index (χ4n) is 4.19. The second-order valence-electron chi connectivity index (χ2n) is 7.14. The zero-order chi connectivity index (χ0) is 17.4. The number of benzene rings is 1. The molecule has 0 radical (unpaired) electrons. The number of carboxylic acid groups (broad SMARTS) is 1. The Morgan fingerprint density at radius 1 is 1.33 bits per heavy atom. The number of aliphatic carboxylic acids is 1. The molecule has 0 saturated carbocycles. The topological polar surface area (TPSA) is 66.4 Å². The number of carboxylic acids is 1. The van der Waals surface area contributed by atoms with Gasteiger partial charge < -0.3 is 5.11 Å². The zero-order valence-electron chi connectivity index (χ0n) is 14.1. The Hall–Kier alpha value is -1.59. The van der Waals surface area contributed by atoms with Gasteiger partial charge in [0.25, 0.3) is 0 Å².